The van der Waals surface area contributed by atoms with Gasteiger partial charge in [-0.1, -0.05) is 29.9 Å². The average Bonchev–Trinajstić information content (AvgIpc) is 2.19. The fraction of sp³-hybridized carbons (Fsp3) is 0. The van der Waals surface area contributed by atoms with Gasteiger partial charge in [-0.3, -0.25) is 0 Å². The zero-order chi connectivity index (χ0) is 10.4. The molecule has 5 heteroatoms. The SMILES string of the molecule is C=COC(=O)c1ccccc1N=[N+]=[N-]. The molecule has 0 saturated heterocycles. The maximum atomic E-state index is 11.3. The molecular weight excluding hydrogens is 182 g/mol. The molecule has 1 aromatic carbocycles. The highest BCUT2D eigenvalue weighted by molar-refractivity contribution is 5.95. The van der Waals surface area contributed by atoms with Crippen LogP contribution in [0.5, 0.6) is 0 Å². The van der Waals surface area contributed by atoms with Gasteiger partial charge in [0.2, 0.25) is 0 Å². The monoisotopic (exact) mass is 189 g/mol. The Morgan fingerprint density at radius 1 is 1.57 bits per heavy atom. The van der Waals surface area contributed by atoms with E-state index in [2.05, 4.69) is 21.3 Å². The van der Waals surface area contributed by atoms with Gasteiger partial charge >= 0.3 is 5.97 Å². The van der Waals surface area contributed by atoms with Crippen molar-refractivity contribution < 1.29 is 9.53 Å². The van der Waals surface area contributed by atoms with E-state index in [4.69, 9.17) is 5.53 Å². The number of hydrogen-bond acceptors (Lipinski definition) is 3. The Balaban J connectivity index is 3.12. The average molecular weight is 189 g/mol. The van der Waals surface area contributed by atoms with Gasteiger partial charge in [0.15, 0.2) is 0 Å². The van der Waals surface area contributed by atoms with E-state index in [9.17, 15) is 4.79 Å². The van der Waals surface area contributed by atoms with Gasteiger partial charge in [-0.25, -0.2) is 4.79 Å². The quantitative estimate of drug-likeness (QED) is 0.241. The number of benzene rings is 1. The maximum Gasteiger partial charge on any atom is 0.343 e. The molecule has 14 heavy (non-hydrogen) atoms. The first-order valence-electron chi connectivity index (χ1n) is 3.75. The van der Waals surface area contributed by atoms with Gasteiger partial charge in [-0.15, -0.1) is 0 Å². The van der Waals surface area contributed by atoms with Crippen LogP contribution in [0.2, 0.25) is 0 Å². The Morgan fingerprint density at radius 3 is 2.93 bits per heavy atom. The molecular formula is C9H7N3O2. The summed E-state index contributed by atoms with van der Waals surface area (Å²) in [5, 5.41) is 3.36. The minimum Gasteiger partial charge on any atom is -0.432 e. The van der Waals surface area contributed by atoms with Crippen molar-refractivity contribution in [1.29, 1.82) is 0 Å². The molecule has 0 aliphatic carbocycles. The summed E-state index contributed by atoms with van der Waals surface area (Å²) >= 11 is 0. The molecule has 70 valence electrons. The van der Waals surface area contributed by atoms with Gasteiger partial charge in [0.25, 0.3) is 0 Å². The predicted octanol–water partition coefficient (Wildman–Crippen LogP) is 2.93. The molecule has 0 aliphatic rings. The van der Waals surface area contributed by atoms with Crippen LogP contribution < -0.4 is 0 Å². The molecule has 1 aromatic rings. The molecule has 0 N–H and O–H groups in total. The largest absolute Gasteiger partial charge is 0.432 e. The molecule has 0 heterocycles. The van der Waals surface area contributed by atoms with Gasteiger partial charge in [-0.05, 0) is 11.6 Å². The summed E-state index contributed by atoms with van der Waals surface area (Å²) in [6.45, 7) is 3.26. The fourth-order valence-corrected chi connectivity index (χ4v) is 0.921. The van der Waals surface area contributed by atoms with E-state index in [1.807, 2.05) is 0 Å². The van der Waals surface area contributed by atoms with Crippen LogP contribution in [0.25, 0.3) is 10.4 Å². The third-order valence-electron chi connectivity index (χ3n) is 1.47. The standard InChI is InChI=1S/C9H7N3O2/c1-2-14-9(13)7-5-3-4-6-8(7)11-12-10/h2-6H,1H2. The van der Waals surface area contributed by atoms with Crippen LogP contribution >= 0.6 is 0 Å². The van der Waals surface area contributed by atoms with Crippen molar-refractivity contribution in [2.45, 2.75) is 0 Å². The first-order chi connectivity index (χ1) is 6.79. The van der Waals surface area contributed by atoms with Crippen LogP contribution in [-0.2, 0) is 4.74 Å². The normalized spacial score (nSPS) is 8.57. The van der Waals surface area contributed by atoms with E-state index in [1.165, 1.54) is 12.1 Å². The molecule has 0 radical (unpaired) electrons. The molecule has 0 aliphatic heterocycles. The second kappa shape index (κ2) is 4.69. The lowest BCUT2D eigenvalue weighted by Crippen LogP contribution is -1.99. The fourth-order valence-electron chi connectivity index (χ4n) is 0.921. The molecule has 1 rings (SSSR count). The summed E-state index contributed by atoms with van der Waals surface area (Å²) in [6, 6.07) is 6.35. The Morgan fingerprint density at radius 2 is 2.29 bits per heavy atom. The van der Waals surface area contributed by atoms with E-state index < -0.39 is 5.97 Å². The molecule has 0 unspecified atom stereocenters. The zero-order valence-corrected chi connectivity index (χ0v) is 7.25. The van der Waals surface area contributed by atoms with E-state index >= 15 is 0 Å². The highest BCUT2D eigenvalue weighted by Crippen LogP contribution is 2.19. The van der Waals surface area contributed by atoms with Crippen LogP contribution in [0.4, 0.5) is 5.69 Å². The van der Waals surface area contributed by atoms with Crippen LogP contribution in [0.15, 0.2) is 42.2 Å². The molecule has 0 spiro atoms. The first kappa shape index (κ1) is 9.83. The second-order valence-corrected chi connectivity index (χ2v) is 2.28. The molecule has 0 bridgehead atoms. The van der Waals surface area contributed by atoms with Gasteiger partial charge in [0, 0.05) is 4.91 Å². The number of nitrogens with zero attached hydrogens (tertiary/aromatic N) is 3. The molecule has 0 atom stereocenters. The molecule has 0 aromatic heterocycles. The predicted molar refractivity (Wildman–Crippen MR) is 50.9 cm³/mol. The summed E-state index contributed by atoms with van der Waals surface area (Å²) in [5.74, 6) is -0.594. The number of ether oxygens (including phenoxy) is 1. The summed E-state index contributed by atoms with van der Waals surface area (Å²) < 4.78 is 4.56. The van der Waals surface area contributed by atoms with Crippen molar-refractivity contribution in [3.8, 4) is 0 Å². The number of azide groups is 1. The van der Waals surface area contributed by atoms with E-state index in [-0.39, 0.29) is 11.3 Å². The Kier molecular flexibility index (Phi) is 3.29. The third-order valence-corrected chi connectivity index (χ3v) is 1.47. The van der Waals surface area contributed by atoms with Crippen molar-refractivity contribution in [2.75, 3.05) is 0 Å². The lowest BCUT2D eigenvalue weighted by Gasteiger charge is -2.01. The second-order valence-electron chi connectivity index (χ2n) is 2.28. The van der Waals surface area contributed by atoms with Gasteiger partial charge in [0.1, 0.15) is 0 Å². The third kappa shape index (κ3) is 2.12. The van der Waals surface area contributed by atoms with Crippen molar-refractivity contribution in [1.82, 2.24) is 0 Å². The smallest absolute Gasteiger partial charge is 0.343 e. The first-order valence-corrected chi connectivity index (χ1v) is 3.75. The van der Waals surface area contributed by atoms with E-state index in [0.29, 0.717) is 0 Å². The summed E-state index contributed by atoms with van der Waals surface area (Å²) in [5.41, 5.74) is 8.69. The zero-order valence-electron chi connectivity index (χ0n) is 7.25. The van der Waals surface area contributed by atoms with Crippen LogP contribution in [-0.4, -0.2) is 5.97 Å². The number of carbonyl (C=O) groups excluding carboxylic acids is 1. The lowest BCUT2D eigenvalue weighted by molar-refractivity contribution is 0.0665. The minimum atomic E-state index is -0.594. The van der Waals surface area contributed by atoms with Gasteiger partial charge < -0.3 is 4.74 Å². The Bertz CT molecular complexity index is 408. The van der Waals surface area contributed by atoms with Crippen molar-refractivity contribution in [3.05, 3.63) is 53.1 Å². The van der Waals surface area contributed by atoms with Crippen molar-refractivity contribution >= 4 is 11.7 Å². The Labute approximate surface area is 80.2 Å². The molecule has 0 amide bonds. The van der Waals surface area contributed by atoms with Crippen molar-refractivity contribution in [3.63, 3.8) is 0 Å². The molecule has 0 saturated carbocycles. The highest BCUT2D eigenvalue weighted by Gasteiger charge is 2.09. The van der Waals surface area contributed by atoms with E-state index in [0.717, 1.165) is 6.26 Å². The van der Waals surface area contributed by atoms with Crippen molar-refractivity contribution in [2.24, 2.45) is 5.11 Å². The number of esters is 1. The number of hydrogen-bond donors (Lipinski definition) is 0. The van der Waals surface area contributed by atoms with Gasteiger partial charge in [-0.2, -0.15) is 0 Å². The van der Waals surface area contributed by atoms with Crippen LogP contribution in [0.1, 0.15) is 10.4 Å². The Hall–Kier alpha value is -2.26. The number of carbonyl (C=O) groups is 1. The van der Waals surface area contributed by atoms with Gasteiger partial charge in [0.05, 0.1) is 17.5 Å². The summed E-state index contributed by atoms with van der Waals surface area (Å²) in [6.07, 6.45) is 1.02. The molecule has 0 fully saturated rings. The summed E-state index contributed by atoms with van der Waals surface area (Å²) in [7, 11) is 0. The number of rotatable bonds is 3. The minimum absolute atomic E-state index is 0.213. The molecule has 5 nitrogen and oxygen atoms in total. The van der Waals surface area contributed by atoms with Crippen LogP contribution in [0, 0.1) is 0 Å². The van der Waals surface area contributed by atoms with E-state index in [1.54, 1.807) is 12.1 Å². The lowest BCUT2D eigenvalue weighted by atomic mass is 10.2. The van der Waals surface area contributed by atoms with Crippen LogP contribution in [0.3, 0.4) is 0 Å². The maximum absolute atomic E-state index is 11.3. The highest BCUT2D eigenvalue weighted by atomic mass is 16.5. The summed E-state index contributed by atoms with van der Waals surface area (Å²) in [4.78, 5) is 13.9. The topological polar surface area (TPSA) is 75.1 Å².